The Balaban J connectivity index is 2.39. The zero-order valence-electron chi connectivity index (χ0n) is 11.3. The molecule has 1 aromatic carbocycles. The fraction of sp³-hybridized carbons (Fsp3) is 0.600. The average Bonchev–Trinajstić information content (AvgIpc) is 2.28. The van der Waals surface area contributed by atoms with Gasteiger partial charge in [0.1, 0.15) is 0 Å². The lowest BCUT2D eigenvalue weighted by Crippen LogP contribution is -2.40. The van der Waals surface area contributed by atoms with Gasteiger partial charge >= 0.3 is 0 Å². The van der Waals surface area contributed by atoms with Gasteiger partial charge in [0.25, 0.3) is 5.92 Å². The van der Waals surface area contributed by atoms with Gasteiger partial charge in [-0.3, -0.25) is 0 Å². The normalized spacial score (nSPS) is 21.1. The van der Waals surface area contributed by atoms with E-state index in [-0.39, 0.29) is 5.56 Å². The molecule has 1 unspecified atom stereocenters. The van der Waals surface area contributed by atoms with E-state index in [1.165, 1.54) is 0 Å². The van der Waals surface area contributed by atoms with Gasteiger partial charge in [0.15, 0.2) is 0 Å². The van der Waals surface area contributed by atoms with Crippen molar-refractivity contribution < 1.29 is 8.78 Å². The minimum Gasteiger partial charge on any atom is -0.316 e. The highest BCUT2D eigenvalue weighted by Gasteiger charge is 2.43. The van der Waals surface area contributed by atoms with Gasteiger partial charge in [-0.05, 0) is 51.3 Å². The molecular weight excluding hydrogens is 232 g/mol. The molecule has 2 rings (SSSR count). The van der Waals surface area contributed by atoms with Crippen LogP contribution in [-0.4, -0.2) is 13.1 Å². The Morgan fingerprint density at radius 1 is 1.17 bits per heavy atom. The summed E-state index contributed by atoms with van der Waals surface area (Å²) in [6.45, 7) is 6.81. The smallest absolute Gasteiger partial charge is 0.277 e. The van der Waals surface area contributed by atoms with E-state index in [1.54, 1.807) is 13.8 Å². The molecular formula is C15H21F2N. The second-order valence-corrected chi connectivity index (χ2v) is 5.44. The summed E-state index contributed by atoms with van der Waals surface area (Å²) in [5.41, 5.74) is 2.71. The van der Waals surface area contributed by atoms with Crippen LogP contribution in [0, 0.1) is 26.7 Å². The molecule has 0 spiro atoms. The molecule has 1 N–H and O–H groups in total. The van der Waals surface area contributed by atoms with Gasteiger partial charge in [0.05, 0.1) is 0 Å². The lowest BCUT2D eigenvalue weighted by atomic mass is 9.84. The number of benzene rings is 1. The van der Waals surface area contributed by atoms with Crippen LogP contribution in [0.5, 0.6) is 0 Å². The molecule has 100 valence electrons. The van der Waals surface area contributed by atoms with Gasteiger partial charge in [-0.25, -0.2) is 8.78 Å². The van der Waals surface area contributed by atoms with E-state index in [1.807, 2.05) is 19.1 Å². The zero-order valence-corrected chi connectivity index (χ0v) is 11.3. The first kappa shape index (κ1) is 13.5. The second-order valence-electron chi connectivity index (χ2n) is 5.44. The predicted octanol–water partition coefficient (Wildman–Crippen LogP) is 3.70. The number of aryl methyl sites for hydroxylation is 3. The van der Waals surface area contributed by atoms with E-state index in [9.17, 15) is 8.78 Å². The summed E-state index contributed by atoms with van der Waals surface area (Å²) in [4.78, 5) is 0. The molecule has 0 aromatic heterocycles. The van der Waals surface area contributed by atoms with Crippen molar-refractivity contribution in [3.05, 3.63) is 34.4 Å². The maximum absolute atomic E-state index is 14.7. The van der Waals surface area contributed by atoms with Crippen LogP contribution < -0.4 is 5.32 Å². The minimum atomic E-state index is -2.73. The van der Waals surface area contributed by atoms with E-state index in [0.29, 0.717) is 24.1 Å². The SMILES string of the molecule is Cc1cc(C)c(C(F)(F)C2CCCNC2)c(C)c1. The van der Waals surface area contributed by atoms with Crippen LogP contribution in [0.25, 0.3) is 0 Å². The van der Waals surface area contributed by atoms with Crippen LogP contribution in [0.15, 0.2) is 12.1 Å². The monoisotopic (exact) mass is 253 g/mol. The summed E-state index contributed by atoms with van der Waals surface area (Å²) in [5, 5.41) is 3.08. The largest absolute Gasteiger partial charge is 0.316 e. The highest BCUT2D eigenvalue weighted by Crippen LogP contribution is 2.42. The Bertz CT molecular complexity index is 411. The van der Waals surface area contributed by atoms with Crippen molar-refractivity contribution in [3.8, 4) is 0 Å². The molecule has 3 heteroatoms. The number of piperidine rings is 1. The number of hydrogen-bond acceptors (Lipinski definition) is 1. The van der Waals surface area contributed by atoms with Crippen LogP contribution in [0.3, 0.4) is 0 Å². The van der Waals surface area contributed by atoms with E-state index in [0.717, 1.165) is 18.5 Å². The van der Waals surface area contributed by atoms with Gasteiger partial charge in [-0.2, -0.15) is 0 Å². The average molecular weight is 253 g/mol. The van der Waals surface area contributed by atoms with Crippen molar-refractivity contribution in [2.24, 2.45) is 5.92 Å². The zero-order chi connectivity index (χ0) is 13.3. The van der Waals surface area contributed by atoms with Gasteiger partial charge in [0, 0.05) is 18.0 Å². The molecule has 1 nitrogen and oxygen atoms in total. The van der Waals surface area contributed by atoms with E-state index in [2.05, 4.69) is 5.32 Å². The Labute approximate surface area is 108 Å². The first-order valence-electron chi connectivity index (χ1n) is 6.59. The standard InChI is InChI=1S/C15H21F2N/c1-10-7-11(2)14(12(3)8-10)15(16,17)13-5-4-6-18-9-13/h7-8,13,18H,4-6,9H2,1-3H3. The third-order valence-corrected chi connectivity index (χ3v) is 3.82. The molecule has 1 aromatic rings. The maximum atomic E-state index is 14.7. The van der Waals surface area contributed by atoms with Gasteiger partial charge in [0.2, 0.25) is 0 Å². The molecule has 0 saturated carbocycles. The fourth-order valence-corrected chi connectivity index (χ4v) is 3.07. The molecule has 1 heterocycles. The lowest BCUT2D eigenvalue weighted by molar-refractivity contribution is -0.0734. The van der Waals surface area contributed by atoms with Crippen molar-refractivity contribution in [3.63, 3.8) is 0 Å². The summed E-state index contributed by atoms with van der Waals surface area (Å²) >= 11 is 0. The summed E-state index contributed by atoms with van der Waals surface area (Å²) < 4.78 is 29.3. The van der Waals surface area contributed by atoms with Crippen LogP contribution in [0.4, 0.5) is 8.78 Å². The summed E-state index contributed by atoms with van der Waals surface area (Å²) in [6.07, 6.45) is 1.44. The second kappa shape index (κ2) is 4.96. The topological polar surface area (TPSA) is 12.0 Å². The van der Waals surface area contributed by atoms with Crippen LogP contribution in [-0.2, 0) is 5.92 Å². The fourth-order valence-electron chi connectivity index (χ4n) is 3.07. The van der Waals surface area contributed by atoms with Crippen LogP contribution in [0.2, 0.25) is 0 Å². The molecule has 1 fully saturated rings. The molecule has 18 heavy (non-hydrogen) atoms. The summed E-state index contributed by atoms with van der Waals surface area (Å²) in [5.74, 6) is -3.30. The van der Waals surface area contributed by atoms with Gasteiger partial charge in [-0.15, -0.1) is 0 Å². The first-order valence-corrected chi connectivity index (χ1v) is 6.59. The number of halogens is 2. The Kier molecular flexibility index (Phi) is 3.71. The number of nitrogens with one attached hydrogen (secondary N) is 1. The molecule has 1 atom stereocenters. The maximum Gasteiger partial charge on any atom is 0.277 e. The molecule has 1 aliphatic rings. The third-order valence-electron chi connectivity index (χ3n) is 3.82. The van der Waals surface area contributed by atoms with E-state index < -0.39 is 11.8 Å². The summed E-state index contributed by atoms with van der Waals surface area (Å²) in [7, 11) is 0. The van der Waals surface area contributed by atoms with Crippen molar-refractivity contribution >= 4 is 0 Å². The Morgan fingerprint density at radius 3 is 2.28 bits per heavy atom. The highest BCUT2D eigenvalue weighted by molar-refractivity contribution is 5.40. The lowest BCUT2D eigenvalue weighted by Gasteiger charge is -2.32. The summed E-state index contributed by atoms with van der Waals surface area (Å²) in [6, 6.07) is 3.71. The Hall–Kier alpha value is -0.960. The quantitative estimate of drug-likeness (QED) is 0.847. The molecule has 0 bridgehead atoms. The molecule has 0 amide bonds. The van der Waals surface area contributed by atoms with Crippen LogP contribution in [0.1, 0.15) is 35.1 Å². The third kappa shape index (κ3) is 2.41. The van der Waals surface area contributed by atoms with Crippen molar-refractivity contribution in [1.29, 1.82) is 0 Å². The first-order chi connectivity index (χ1) is 8.43. The van der Waals surface area contributed by atoms with Crippen molar-refractivity contribution in [2.45, 2.75) is 39.5 Å². The molecule has 1 aliphatic heterocycles. The van der Waals surface area contributed by atoms with Crippen molar-refractivity contribution in [1.82, 2.24) is 5.32 Å². The molecule has 0 radical (unpaired) electrons. The number of rotatable bonds is 2. The number of alkyl halides is 2. The Morgan fingerprint density at radius 2 is 1.78 bits per heavy atom. The van der Waals surface area contributed by atoms with Gasteiger partial charge < -0.3 is 5.32 Å². The minimum absolute atomic E-state index is 0.238. The van der Waals surface area contributed by atoms with Gasteiger partial charge in [-0.1, -0.05) is 17.7 Å². The van der Waals surface area contributed by atoms with E-state index in [4.69, 9.17) is 0 Å². The highest BCUT2D eigenvalue weighted by atomic mass is 19.3. The van der Waals surface area contributed by atoms with Crippen LogP contribution >= 0.6 is 0 Å². The number of hydrogen-bond donors (Lipinski definition) is 1. The predicted molar refractivity (Wildman–Crippen MR) is 70.1 cm³/mol. The van der Waals surface area contributed by atoms with E-state index >= 15 is 0 Å². The molecule has 1 saturated heterocycles. The molecule has 0 aliphatic carbocycles. The van der Waals surface area contributed by atoms with Crippen molar-refractivity contribution in [2.75, 3.05) is 13.1 Å².